The standard InChI is InChI=1S/C20H23N5O/c1-14-5-4-6-18(15(14)2)23-20-24-19(13-22-25-20)21-12-11-16-7-9-17(26-3)10-8-16/h4-10,13H,11-12H2,1-3H3,(H2,21,23,24,25). The molecule has 1 aromatic heterocycles. The first-order valence-corrected chi connectivity index (χ1v) is 8.55. The lowest BCUT2D eigenvalue weighted by atomic mass is 10.1. The molecule has 2 aromatic carbocycles. The molecular formula is C20H23N5O. The molecule has 0 saturated carbocycles. The molecule has 0 spiro atoms. The number of rotatable bonds is 7. The van der Waals surface area contributed by atoms with Crippen LogP contribution in [0.4, 0.5) is 17.5 Å². The van der Waals surface area contributed by atoms with Crippen LogP contribution in [0.25, 0.3) is 0 Å². The van der Waals surface area contributed by atoms with Crippen molar-refractivity contribution in [1.29, 1.82) is 0 Å². The molecule has 0 unspecified atom stereocenters. The van der Waals surface area contributed by atoms with Gasteiger partial charge < -0.3 is 15.4 Å². The molecule has 0 radical (unpaired) electrons. The molecule has 0 saturated heterocycles. The Bertz CT molecular complexity index is 864. The van der Waals surface area contributed by atoms with Gasteiger partial charge in [0.15, 0.2) is 5.82 Å². The second kappa shape index (κ2) is 8.29. The summed E-state index contributed by atoms with van der Waals surface area (Å²) in [7, 11) is 1.67. The first kappa shape index (κ1) is 17.7. The van der Waals surface area contributed by atoms with Gasteiger partial charge in [-0.1, -0.05) is 24.3 Å². The summed E-state index contributed by atoms with van der Waals surface area (Å²) in [6, 6.07) is 14.2. The lowest BCUT2D eigenvalue weighted by Gasteiger charge is -2.11. The summed E-state index contributed by atoms with van der Waals surface area (Å²) in [6.07, 6.45) is 2.51. The Labute approximate surface area is 153 Å². The van der Waals surface area contributed by atoms with Crippen molar-refractivity contribution in [3.05, 3.63) is 65.4 Å². The third-order valence-electron chi connectivity index (χ3n) is 4.29. The van der Waals surface area contributed by atoms with E-state index >= 15 is 0 Å². The zero-order chi connectivity index (χ0) is 18.4. The van der Waals surface area contributed by atoms with E-state index in [4.69, 9.17) is 4.74 Å². The average Bonchev–Trinajstić information content (AvgIpc) is 2.66. The summed E-state index contributed by atoms with van der Waals surface area (Å²) in [6.45, 7) is 4.91. The molecule has 0 amide bonds. The lowest BCUT2D eigenvalue weighted by Crippen LogP contribution is -2.09. The van der Waals surface area contributed by atoms with E-state index in [1.807, 2.05) is 24.3 Å². The number of ether oxygens (including phenoxy) is 1. The van der Waals surface area contributed by atoms with Gasteiger partial charge in [-0.2, -0.15) is 10.1 Å². The molecule has 1 heterocycles. The van der Waals surface area contributed by atoms with Crippen molar-refractivity contribution in [3.8, 4) is 5.75 Å². The smallest absolute Gasteiger partial charge is 0.249 e. The second-order valence-electron chi connectivity index (χ2n) is 6.06. The maximum Gasteiger partial charge on any atom is 0.249 e. The summed E-state index contributed by atoms with van der Waals surface area (Å²) in [5, 5.41) is 14.6. The normalized spacial score (nSPS) is 10.4. The number of nitrogens with zero attached hydrogens (tertiary/aromatic N) is 3. The van der Waals surface area contributed by atoms with Gasteiger partial charge in [0.2, 0.25) is 5.95 Å². The SMILES string of the molecule is COc1ccc(CCNc2cnnc(Nc3cccc(C)c3C)n2)cc1. The van der Waals surface area contributed by atoms with Crippen LogP contribution in [0.5, 0.6) is 5.75 Å². The highest BCUT2D eigenvalue weighted by atomic mass is 16.5. The second-order valence-corrected chi connectivity index (χ2v) is 6.06. The van der Waals surface area contributed by atoms with Crippen molar-refractivity contribution in [3.63, 3.8) is 0 Å². The van der Waals surface area contributed by atoms with E-state index in [1.165, 1.54) is 16.7 Å². The zero-order valence-electron chi connectivity index (χ0n) is 15.3. The maximum atomic E-state index is 5.17. The van der Waals surface area contributed by atoms with Gasteiger partial charge in [0, 0.05) is 12.2 Å². The molecule has 2 N–H and O–H groups in total. The highest BCUT2D eigenvalue weighted by Crippen LogP contribution is 2.21. The van der Waals surface area contributed by atoms with Crippen molar-refractivity contribution in [2.24, 2.45) is 0 Å². The van der Waals surface area contributed by atoms with Crippen LogP contribution in [0.3, 0.4) is 0 Å². The molecule has 0 aliphatic heterocycles. The minimum absolute atomic E-state index is 0.480. The summed E-state index contributed by atoms with van der Waals surface area (Å²) in [4.78, 5) is 4.48. The van der Waals surface area contributed by atoms with Gasteiger partial charge >= 0.3 is 0 Å². The van der Waals surface area contributed by atoms with Crippen molar-refractivity contribution in [2.75, 3.05) is 24.3 Å². The van der Waals surface area contributed by atoms with Crippen LogP contribution in [-0.4, -0.2) is 28.8 Å². The van der Waals surface area contributed by atoms with E-state index in [9.17, 15) is 0 Å². The van der Waals surface area contributed by atoms with Gasteiger partial charge in [-0.3, -0.25) is 0 Å². The van der Waals surface area contributed by atoms with Crippen LogP contribution < -0.4 is 15.4 Å². The van der Waals surface area contributed by atoms with Crippen molar-refractivity contribution < 1.29 is 4.74 Å². The van der Waals surface area contributed by atoms with E-state index in [0.29, 0.717) is 11.8 Å². The predicted octanol–water partition coefficient (Wildman–Crippen LogP) is 3.90. The monoisotopic (exact) mass is 349 g/mol. The number of aromatic nitrogens is 3. The maximum absolute atomic E-state index is 5.17. The summed E-state index contributed by atoms with van der Waals surface area (Å²) < 4.78 is 5.17. The quantitative estimate of drug-likeness (QED) is 0.674. The van der Waals surface area contributed by atoms with Crippen LogP contribution in [0, 0.1) is 13.8 Å². The summed E-state index contributed by atoms with van der Waals surface area (Å²) in [5.41, 5.74) is 4.61. The van der Waals surface area contributed by atoms with Crippen LogP contribution in [0.2, 0.25) is 0 Å². The predicted molar refractivity (Wildman–Crippen MR) is 104 cm³/mol. The van der Waals surface area contributed by atoms with Gasteiger partial charge in [0.1, 0.15) is 5.75 Å². The largest absolute Gasteiger partial charge is 0.497 e. The Hall–Kier alpha value is -3.15. The molecule has 134 valence electrons. The molecule has 0 aliphatic rings. The molecule has 0 bridgehead atoms. The molecule has 0 aliphatic carbocycles. The van der Waals surface area contributed by atoms with Crippen LogP contribution in [0.1, 0.15) is 16.7 Å². The fraction of sp³-hybridized carbons (Fsp3) is 0.250. The van der Waals surface area contributed by atoms with E-state index in [-0.39, 0.29) is 0 Å². The topological polar surface area (TPSA) is 72.0 Å². The number of hydrogen-bond donors (Lipinski definition) is 2. The van der Waals surface area contributed by atoms with Gasteiger partial charge in [0.05, 0.1) is 13.3 Å². The first-order valence-electron chi connectivity index (χ1n) is 8.55. The number of anilines is 3. The first-order chi connectivity index (χ1) is 12.7. The Morgan fingerprint density at radius 3 is 2.62 bits per heavy atom. The van der Waals surface area contributed by atoms with E-state index in [2.05, 4.69) is 57.9 Å². The molecule has 6 nitrogen and oxygen atoms in total. The summed E-state index contributed by atoms with van der Waals surface area (Å²) in [5.74, 6) is 2.04. The molecular weight excluding hydrogens is 326 g/mol. The number of benzene rings is 2. The van der Waals surface area contributed by atoms with E-state index in [0.717, 1.165) is 24.4 Å². The minimum Gasteiger partial charge on any atom is -0.497 e. The fourth-order valence-corrected chi connectivity index (χ4v) is 2.58. The minimum atomic E-state index is 0.480. The highest BCUT2D eigenvalue weighted by Gasteiger charge is 2.05. The van der Waals surface area contributed by atoms with Crippen molar-refractivity contribution in [1.82, 2.24) is 15.2 Å². The number of hydrogen-bond acceptors (Lipinski definition) is 6. The van der Waals surface area contributed by atoms with Crippen molar-refractivity contribution >= 4 is 17.5 Å². The van der Waals surface area contributed by atoms with E-state index in [1.54, 1.807) is 13.3 Å². The van der Waals surface area contributed by atoms with Crippen molar-refractivity contribution in [2.45, 2.75) is 20.3 Å². The van der Waals surface area contributed by atoms with Gasteiger partial charge in [-0.15, -0.1) is 5.10 Å². The Balaban J connectivity index is 1.59. The Morgan fingerprint density at radius 1 is 1.04 bits per heavy atom. The average molecular weight is 349 g/mol. The number of nitrogens with one attached hydrogen (secondary N) is 2. The molecule has 0 atom stereocenters. The fourth-order valence-electron chi connectivity index (χ4n) is 2.58. The third-order valence-corrected chi connectivity index (χ3v) is 4.29. The Morgan fingerprint density at radius 2 is 1.85 bits per heavy atom. The third kappa shape index (κ3) is 4.47. The van der Waals surface area contributed by atoms with Crippen LogP contribution >= 0.6 is 0 Å². The highest BCUT2D eigenvalue weighted by molar-refractivity contribution is 5.60. The van der Waals surface area contributed by atoms with Gasteiger partial charge in [-0.25, -0.2) is 0 Å². The van der Waals surface area contributed by atoms with Crippen LogP contribution in [0.15, 0.2) is 48.7 Å². The molecule has 6 heteroatoms. The molecule has 26 heavy (non-hydrogen) atoms. The van der Waals surface area contributed by atoms with Crippen LogP contribution in [-0.2, 0) is 6.42 Å². The molecule has 3 rings (SSSR count). The Kier molecular flexibility index (Phi) is 5.63. The molecule has 3 aromatic rings. The van der Waals surface area contributed by atoms with Gasteiger partial charge in [0.25, 0.3) is 0 Å². The van der Waals surface area contributed by atoms with E-state index < -0.39 is 0 Å². The zero-order valence-corrected chi connectivity index (χ0v) is 15.3. The van der Waals surface area contributed by atoms with Gasteiger partial charge in [-0.05, 0) is 55.2 Å². The lowest BCUT2D eigenvalue weighted by molar-refractivity contribution is 0.414. The summed E-state index contributed by atoms with van der Waals surface area (Å²) >= 11 is 0. The molecule has 0 fully saturated rings. The number of methoxy groups -OCH3 is 1. The number of aryl methyl sites for hydroxylation is 1.